The molecule has 0 spiro atoms. The Bertz CT molecular complexity index is 1290. The molecule has 2 amide bonds. The normalized spacial score (nSPS) is 14.8. The van der Waals surface area contributed by atoms with Crippen molar-refractivity contribution in [3.63, 3.8) is 0 Å². The van der Waals surface area contributed by atoms with Crippen molar-refractivity contribution in [3.8, 4) is 0 Å². The molecule has 0 aliphatic carbocycles. The summed E-state index contributed by atoms with van der Waals surface area (Å²) >= 11 is 9.52. The fraction of sp³-hybridized carbons (Fsp3) is 0.462. The molecule has 1 aliphatic heterocycles. The van der Waals surface area contributed by atoms with E-state index in [4.69, 9.17) is 22.1 Å². The van der Waals surface area contributed by atoms with Gasteiger partial charge in [0, 0.05) is 47.9 Å². The van der Waals surface area contributed by atoms with Crippen molar-refractivity contribution in [2.75, 3.05) is 37.7 Å². The summed E-state index contributed by atoms with van der Waals surface area (Å²) in [4.78, 5) is 29.8. The van der Waals surface area contributed by atoms with Gasteiger partial charge in [-0.1, -0.05) is 39.7 Å². The SMILES string of the molecule is CCS(=O)(=O)N(Cc1cccc(Cl)c1)C(=O)c1cc(Br)cc(CN2CCN(C(=O)OC(C)(C)C)CC2)c1N. The number of halogens is 2. The predicted octanol–water partition coefficient (Wildman–Crippen LogP) is 4.73. The number of amides is 2. The molecule has 9 nitrogen and oxygen atoms in total. The number of hydrogen-bond donors (Lipinski definition) is 1. The molecule has 1 saturated heterocycles. The van der Waals surface area contributed by atoms with Crippen LogP contribution in [-0.4, -0.2) is 72.1 Å². The highest BCUT2D eigenvalue weighted by Crippen LogP contribution is 2.28. The number of carbonyl (C=O) groups is 2. The van der Waals surface area contributed by atoms with Crippen LogP contribution < -0.4 is 5.73 Å². The lowest BCUT2D eigenvalue weighted by Gasteiger charge is -2.35. The van der Waals surface area contributed by atoms with Gasteiger partial charge >= 0.3 is 6.09 Å². The van der Waals surface area contributed by atoms with Crippen LogP contribution in [0.4, 0.5) is 10.5 Å². The van der Waals surface area contributed by atoms with E-state index in [1.807, 2.05) is 26.8 Å². The average Bonchev–Trinajstić information content (AvgIpc) is 2.83. The molecule has 0 radical (unpaired) electrons. The molecule has 12 heteroatoms. The van der Waals surface area contributed by atoms with E-state index in [9.17, 15) is 18.0 Å². The van der Waals surface area contributed by atoms with E-state index in [-0.39, 0.29) is 29.6 Å². The van der Waals surface area contributed by atoms with Crippen LogP contribution in [0, 0.1) is 0 Å². The van der Waals surface area contributed by atoms with E-state index in [1.54, 1.807) is 29.2 Å². The number of benzene rings is 2. The number of sulfonamides is 1. The molecule has 2 aromatic rings. The number of hydrogen-bond acceptors (Lipinski definition) is 7. The molecule has 1 heterocycles. The van der Waals surface area contributed by atoms with Gasteiger partial charge in [0.05, 0.1) is 17.9 Å². The minimum absolute atomic E-state index is 0.0980. The molecule has 0 bridgehead atoms. The van der Waals surface area contributed by atoms with E-state index in [0.717, 1.165) is 4.31 Å². The maximum Gasteiger partial charge on any atom is 0.410 e. The van der Waals surface area contributed by atoms with Gasteiger partial charge in [-0.05, 0) is 63.1 Å². The van der Waals surface area contributed by atoms with Crippen LogP contribution in [0.1, 0.15) is 49.2 Å². The van der Waals surface area contributed by atoms with Crippen LogP contribution in [0.5, 0.6) is 0 Å². The van der Waals surface area contributed by atoms with Crippen molar-refractivity contribution in [3.05, 3.63) is 62.6 Å². The summed E-state index contributed by atoms with van der Waals surface area (Å²) in [5, 5.41) is 0.444. The number of anilines is 1. The van der Waals surface area contributed by atoms with Crippen molar-refractivity contribution >= 4 is 55.2 Å². The number of nitrogen functional groups attached to an aromatic ring is 1. The third-order valence-corrected chi connectivity index (χ3v) is 8.41. The predicted molar refractivity (Wildman–Crippen MR) is 152 cm³/mol. The maximum atomic E-state index is 13.6. The topological polar surface area (TPSA) is 113 Å². The zero-order valence-electron chi connectivity index (χ0n) is 22.0. The van der Waals surface area contributed by atoms with Crippen LogP contribution in [0.15, 0.2) is 40.9 Å². The summed E-state index contributed by atoms with van der Waals surface area (Å²) in [6.07, 6.45) is -0.344. The number of piperazine rings is 1. The second-order valence-electron chi connectivity index (χ2n) is 10.1. The fourth-order valence-corrected chi connectivity index (χ4v) is 5.75. The Morgan fingerprint density at radius 3 is 2.37 bits per heavy atom. The molecule has 0 aromatic heterocycles. The highest BCUT2D eigenvalue weighted by molar-refractivity contribution is 9.10. The van der Waals surface area contributed by atoms with Gasteiger partial charge in [-0.2, -0.15) is 0 Å². The van der Waals surface area contributed by atoms with E-state index >= 15 is 0 Å². The minimum atomic E-state index is -3.91. The number of nitrogens with two attached hydrogens (primary N) is 1. The molecule has 38 heavy (non-hydrogen) atoms. The molecule has 0 unspecified atom stereocenters. The van der Waals surface area contributed by atoms with Gasteiger partial charge in [-0.25, -0.2) is 17.5 Å². The lowest BCUT2D eigenvalue weighted by molar-refractivity contribution is 0.0139. The van der Waals surface area contributed by atoms with Crippen molar-refractivity contribution in [1.82, 2.24) is 14.1 Å². The molecular weight excluding hydrogens is 596 g/mol. The maximum absolute atomic E-state index is 13.6. The third-order valence-electron chi connectivity index (χ3n) is 6.02. The number of ether oxygens (including phenoxy) is 1. The standard InChI is InChI=1S/C26H34BrClN4O5S/c1-5-38(35,36)32(16-18-7-6-8-21(28)13-18)24(33)22-15-20(27)14-19(23(22)29)17-30-9-11-31(12-10-30)25(34)37-26(2,3)4/h6-8,13-15H,5,9-12,16-17,29H2,1-4H3. The van der Waals surface area contributed by atoms with Crippen LogP contribution in [0.3, 0.4) is 0 Å². The molecule has 0 atom stereocenters. The Kier molecular flexibility index (Phi) is 9.72. The first-order valence-electron chi connectivity index (χ1n) is 12.3. The summed E-state index contributed by atoms with van der Waals surface area (Å²) in [6, 6.07) is 10.1. The molecule has 1 aliphatic rings. The zero-order valence-corrected chi connectivity index (χ0v) is 25.2. The second kappa shape index (κ2) is 12.2. The third kappa shape index (κ3) is 7.84. The Labute approximate surface area is 238 Å². The van der Waals surface area contributed by atoms with Crippen LogP contribution in [-0.2, 0) is 27.8 Å². The molecule has 1 fully saturated rings. The summed E-state index contributed by atoms with van der Waals surface area (Å²) in [5.41, 5.74) is 7.48. The fourth-order valence-electron chi connectivity index (χ4n) is 4.03. The molecule has 0 saturated carbocycles. The van der Waals surface area contributed by atoms with E-state index < -0.39 is 21.5 Å². The quantitative estimate of drug-likeness (QED) is 0.441. The van der Waals surface area contributed by atoms with E-state index in [0.29, 0.717) is 53.3 Å². The van der Waals surface area contributed by atoms with Gasteiger partial charge in [-0.15, -0.1) is 0 Å². The van der Waals surface area contributed by atoms with Crippen molar-refractivity contribution in [2.45, 2.75) is 46.4 Å². The first kappa shape index (κ1) is 30.2. The van der Waals surface area contributed by atoms with Crippen LogP contribution in [0.25, 0.3) is 0 Å². The van der Waals surface area contributed by atoms with E-state index in [1.165, 1.54) is 13.0 Å². The van der Waals surface area contributed by atoms with Crippen molar-refractivity contribution in [1.29, 1.82) is 0 Å². The lowest BCUT2D eigenvalue weighted by Crippen LogP contribution is -2.49. The largest absolute Gasteiger partial charge is 0.444 e. The summed E-state index contributed by atoms with van der Waals surface area (Å²) < 4.78 is 32.8. The first-order valence-corrected chi connectivity index (χ1v) is 15.1. The van der Waals surface area contributed by atoms with E-state index in [2.05, 4.69) is 20.8 Å². The van der Waals surface area contributed by atoms with Gasteiger partial charge in [0.1, 0.15) is 5.60 Å². The van der Waals surface area contributed by atoms with Gasteiger partial charge in [0.25, 0.3) is 5.91 Å². The van der Waals surface area contributed by atoms with Gasteiger partial charge in [-0.3, -0.25) is 9.69 Å². The number of rotatable bonds is 7. The number of nitrogens with zero attached hydrogens (tertiary/aromatic N) is 3. The monoisotopic (exact) mass is 628 g/mol. The van der Waals surface area contributed by atoms with Crippen molar-refractivity contribution in [2.24, 2.45) is 0 Å². The van der Waals surface area contributed by atoms with Gasteiger partial charge < -0.3 is 15.4 Å². The average molecular weight is 630 g/mol. The Balaban J connectivity index is 1.81. The minimum Gasteiger partial charge on any atom is -0.444 e. The Hall–Kier alpha value is -2.34. The number of carbonyl (C=O) groups excluding carboxylic acids is 2. The first-order chi connectivity index (χ1) is 17.7. The molecular formula is C26H34BrClN4O5S. The van der Waals surface area contributed by atoms with Gasteiger partial charge in [0.2, 0.25) is 10.0 Å². The second-order valence-corrected chi connectivity index (χ2v) is 13.6. The van der Waals surface area contributed by atoms with Crippen LogP contribution in [0.2, 0.25) is 5.02 Å². The van der Waals surface area contributed by atoms with Gasteiger partial charge in [0.15, 0.2) is 0 Å². The molecule has 208 valence electrons. The van der Waals surface area contributed by atoms with Crippen LogP contribution >= 0.6 is 27.5 Å². The zero-order chi connectivity index (χ0) is 28.3. The molecule has 2 N–H and O–H groups in total. The molecule has 2 aromatic carbocycles. The summed E-state index contributed by atoms with van der Waals surface area (Å²) in [5.74, 6) is -0.955. The smallest absolute Gasteiger partial charge is 0.410 e. The summed E-state index contributed by atoms with van der Waals surface area (Å²) in [7, 11) is -3.91. The summed E-state index contributed by atoms with van der Waals surface area (Å²) in [6.45, 7) is 9.44. The Morgan fingerprint density at radius 1 is 1.13 bits per heavy atom. The highest BCUT2D eigenvalue weighted by atomic mass is 79.9. The van der Waals surface area contributed by atoms with Crippen molar-refractivity contribution < 1.29 is 22.7 Å². The lowest BCUT2D eigenvalue weighted by atomic mass is 10.1. The highest BCUT2D eigenvalue weighted by Gasteiger charge is 2.30. The Morgan fingerprint density at radius 2 is 1.79 bits per heavy atom. The molecule has 3 rings (SSSR count).